The van der Waals surface area contributed by atoms with Crippen LogP contribution in [0.5, 0.6) is 0 Å². The molecule has 0 radical (unpaired) electrons. The Labute approximate surface area is 221 Å². The van der Waals surface area contributed by atoms with Gasteiger partial charge in [-0.25, -0.2) is 9.59 Å². The predicted molar refractivity (Wildman–Crippen MR) is 140 cm³/mol. The summed E-state index contributed by atoms with van der Waals surface area (Å²) in [5, 5.41) is 10.1. The van der Waals surface area contributed by atoms with Gasteiger partial charge < -0.3 is 20.1 Å². The number of esters is 2. The number of rotatable bonds is 7. The van der Waals surface area contributed by atoms with E-state index in [1.807, 2.05) is 17.0 Å². The first-order valence-corrected chi connectivity index (χ1v) is 12.4. The number of allylic oxidation sites excluding steroid dienone is 1. The van der Waals surface area contributed by atoms with Gasteiger partial charge in [-0.3, -0.25) is 9.69 Å². The van der Waals surface area contributed by atoms with Crippen LogP contribution in [0.2, 0.25) is 0 Å². The fourth-order valence-electron chi connectivity index (χ4n) is 4.97. The van der Waals surface area contributed by atoms with Gasteiger partial charge in [-0.2, -0.15) is 5.26 Å². The molecule has 1 unspecified atom stereocenters. The van der Waals surface area contributed by atoms with Gasteiger partial charge in [0.2, 0.25) is 5.91 Å². The Hall–Kier alpha value is -4.58. The Morgan fingerprint density at radius 1 is 0.974 bits per heavy atom. The number of aryl methyl sites for hydroxylation is 1. The van der Waals surface area contributed by atoms with Crippen molar-refractivity contribution >= 4 is 23.5 Å². The van der Waals surface area contributed by atoms with Crippen LogP contribution in [0.4, 0.5) is 5.69 Å². The molecule has 2 N–H and O–H groups in total. The Kier molecular flexibility index (Phi) is 8.12. The molecule has 2 heterocycles. The van der Waals surface area contributed by atoms with Gasteiger partial charge in [-0.15, -0.1) is 0 Å². The Balaban J connectivity index is 1.75. The fourth-order valence-corrected chi connectivity index (χ4v) is 4.97. The van der Waals surface area contributed by atoms with Crippen LogP contribution in [0, 0.1) is 11.3 Å². The van der Waals surface area contributed by atoms with Gasteiger partial charge in [0.15, 0.2) is 0 Å². The van der Waals surface area contributed by atoms with E-state index in [1.165, 1.54) is 19.1 Å². The summed E-state index contributed by atoms with van der Waals surface area (Å²) in [5.41, 5.74) is 8.45. The molecule has 1 amide bonds. The molecule has 2 aromatic carbocycles. The van der Waals surface area contributed by atoms with Crippen LogP contribution in [0.3, 0.4) is 0 Å². The summed E-state index contributed by atoms with van der Waals surface area (Å²) in [5.74, 6) is -2.35. The molecule has 1 saturated heterocycles. The molecule has 0 aliphatic carbocycles. The van der Waals surface area contributed by atoms with Gasteiger partial charge in [0.25, 0.3) is 0 Å². The number of nitrogens with two attached hydrogens (primary N) is 1. The zero-order chi connectivity index (χ0) is 27.2. The second kappa shape index (κ2) is 11.6. The summed E-state index contributed by atoms with van der Waals surface area (Å²) >= 11 is 0. The third kappa shape index (κ3) is 5.11. The number of nitriles is 1. The number of anilines is 1. The zero-order valence-electron chi connectivity index (χ0n) is 21.5. The van der Waals surface area contributed by atoms with Crippen LogP contribution in [-0.2, 0) is 30.3 Å². The fraction of sp³-hybridized carbons (Fsp3) is 0.310. The van der Waals surface area contributed by atoms with E-state index in [9.17, 15) is 19.6 Å². The Bertz CT molecular complexity index is 1320. The number of nitrogens with zero attached hydrogens (tertiary/aromatic N) is 3. The summed E-state index contributed by atoms with van der Waals surface area (Å²) < 4.78 is 10.1. The number of likely N-dealkylation sites (tertiary alicyclic amines) is 1. The van der Waals surface area contributed by atoms with Crippen molar-refractivity contribution < 1.29 is 23.9 Å². The highest BCUT2D eigenvalue weighted by molar-refractivity contribution is 6.06. The molecule has 0 bridgehead atoms. The van der Waals surface area contributed by atoms with Gasteiger partial charge in [-0.1, -0.05) is 42.5 Å². The number of benzene rings is 2. The lowest BCUT2D eigenvalue weighted by molar-refractivity contribution is -0.139. The molecule has 38 heavy (non-hydrogen) atoms. The molecular weight excluding hydrogens is 484 g/mol. The topological polar surface area (TPSA) is 126 Å². The number of carbonyl (C=O) groups is 3. The lowest BCUT2D eigenvalue weighted by Gasteiger charge is -2.36. The molecule has 2 aromatic rings. The summed E-state index contributed by atoms with van der Waals surface area (Å²) in [4.78, 5) is 41.9. The molecule has 1 fully saturated rings. The number of amides is 1. The Morgan fingerprint density at radius 2 is 1.61 bits per heavy atom. The van der Waals surface area contributed by atoms with Crippen LogP contribution in [0.15, 0.2) is 77.3 Å². The van der Waals surface area contributed by atoms with E-state index >= 15 is 0 Å². The lowest BCUT2D eigenvalue weighted by atomic mass is 9.81. The van der Waals surface area contributed by atoms with Crippen molar-refractivity contribution in [2.75, 3.05) is 32.2 Å². The van der Waals surface area contributed by atoms with Crippen molar-refractivity contribution in [2.24, 2.45) is 5.73 Å². The average molecular weight is 515 g/mol. The third-order valence-electron chi connectivity index (χ3n) is 6.89. The second-order valence-electron chi connectivity index (χ2n) is 9.09. The van der Waals surface area contributed by atoms with Crippen LogP contribution in [0.1, 0.15) is 36.3 Å². The monoisotopic (exact) mass is 514 g/mol. The highest BCUT2D eigenvalue weighted by atomic mass is 16.5. The quantitative estimate of drug-likeness (QED) is 0.559. The minimum Gasteiger partial charge on any atom is -0.466 e. The van der Waals surface area contributed by atoms with Gasteiger partial charge >= 0.3 is 11.9 Å². The molecule has 0 spiro atoms. The number of ether oxygens (including phenoxy) is 2. The van der Waals surface area contributed by atoms with Crippen molar-refractivity contribution in [3.05, 3.63) is 88.4 Å². The minimum absolute atomic E-state index is 0.00590. The number of carbonyl (C=O) groups excluding carboxylic acids is 3. The van der Waals surface area contributed by atoms with Gasteiger partial charge in [0.05, 0.1) is 37.4 Å². The molecule has 4 rings (SSSR count). The predicted octanol–water partition coefficient (Wildman–Crippen LogP) is 3.14. The van der Waals surface area contributed by atoms with Gasteiger partial charge in [-0.05, 0) is 42.5 Å². The maximum Gasteiger partial charge on any atom is 0.355 e. The second-order valence-corrected chi connectivity index (χ2v) is 9.09. The standard InChI is InChI=1S/C29H30N4O5/c1-37-28(35)25-24(20-8-4-3-5-9-20)22(18-30)27(31)33(26(25)29(36)38-2)21-13-10-19(11-14-21)12-15-23(34)32-16-6-7-17-32/h3-5,8-11,13-14,24H,6-7,12,15-17,31H2,1-2H3. The van der Waals surface area contributed by atoms with Crippen molar-refractivity contribution in [1.29, 1.82) is 5.26 Å². The number of hydrogen-bond acceptors (Lipinski definition) is 8. The van der Waals surface area contributed by atoms with Crippen LogP contribution in [0.25, 0.3) is 0 Å². The number of methoxy groups -OCH3 is 2. The molecule has 1 atom stereocenters. The van der Waals surface area contributed by atoms with E-state index in [1.54, 1.807) is 42.5 Å². The van der Waals surface area contributed by atoms with Crippen LogP contribution in [-0.4, -0.2) is 50.1 Å². The molecule has 0 saturated carbocycles. The van der Waals surface area contributed by atoms with E-state index < -0.39 is 17.9 Å². The third-order valence-corrected chi connectivity index (χ3v) is 6.89. The average Bonchev–Trinajstić information content (AvgIpc) is 3.50. The molecule has 2 aliphatic rings. The van der Waals surface area contributed by atoms with Crippen molar-refractivity contribution in [3.63, 3.8) is 0 Å². The molecule has 196 valence electrons. The van der Waals surface area contributed by atoms with E-state index in [2.05, 4.69) is 6.07 Å². The zero-order valence-corrected chi connectivity index (χ0v) is 21.5. The van der Waals surface area contributed by atoms with Gasteiger partial charge in [0.1, 0.15) is 11.5 Å². The van der Waals surface area contributed by atoms with Crippen molar-refractivity contribution in [2.45, 2.75) is 31.6 Å². The summed E-state index contributed by atoms with van der Waals surface area (Å²) in [6.45, 7) is 1.63. The van der Waals surface area contributed by atoms with Crippen LogP contribution >= 0.6 is 0 Å². The first-order valence-electron chi connectivity index (χ1n) is 12.4. The molecule has 9 heteroatoms. The van der Waals surface area contributed by atoms with E-state index in [4.69, 9.17) is 15.2 Å². The minimum atomic E-state index is -0.921. The van der Waals surface area contributed by atoms with Crippen molar-refractivity contribution in [3.8, 4) is 6.07 Å². The van der Waals surface area contributed by atoms with Crippen LogP contribution < -0.4 is 10.6 Å². The first-order chi connectivity index (χ1) is 18.4. The van der Waals surface area contributed by atoms with E-state index in [0.717, 1.165) is 31.5 Å². The van der Waals surface area contributed by atoms with E-state index in [-0.39, 0.29) is 28.6 Å². The lowest BCUT2D eigenvalue weighted by Crippen LogP contribution is -2.40. The van der Waals surface area contributed by atoms with Gasteiger partial charge in [0, 0.05) is 25.2 Å². The molecule has 9 nitrogen and oxygen atoms in total. The SMILES string of the molecule is COC(=O)C1=C(C(=O)OC)N(c2ccc(CCC(=O)N3CCCC3)cc2)C(N)=C(C#N)C1c1ccccc1. The normalized spacial score (nSPS) is 17.3. The van der Waals surface area contributed by atoms with E-state index in [0.29, 0.717) is 24.1 Å². The molecule has 0 aromatic heterocycles. The summed E-state index contributed by atoms with van der Waals surface area (Å²) in [7, 11) is 2.42. The Morgan fingerprint density at radius 3 is 2.18 bits per heavy atom. The highest BCUT2D eigenvalue weighted by Gasteiger charge is 2.42. The smallest absolute Gasteiger partial charge is 0.355 e. The maximum absolute atomic E-state index is 13.1. The molecule has 2 aliphatic heterocycles. The summed E-state index contributed by atoms with van der Waals surface area (Å²) in [6, 6.07) is 18.1. The maximum atomic E-state index is 13.1. The number of hydrogen-bond donors (Lipinski definition) is 1. The largest absolute Gasteiger partial charge is 0.466 e. The first kappa shape index (κ1) is 26.5. The molecular formula is C29H30N4O5. The van der Waals surface area contributed by atoms with Crippen molar-refractivity contribution in [1.82, 2.24) is 4.90 Å². The summed E-state index contributed by atoms with van der Waals surface area (Å²) in [6.07, 6.45) is 3.06. The highest BCUT2D eigenvalue weighted by Crippen LogP contribution is 2.43.